The molecule has 0 aliphatic carbocycles. The molecule has 0 bridgehead atoms. The summed E-state index contributed by atoms with van der Waals surface area (Å²) in [5.41, 5.74) is 12.2. The molecule has 0 fully saturated rings. The Morgan fingerprint density at radius 2 is 0.830 bits per heavy atom. The Balaban J connectivity index is 1.05. The summed E-state index contributed by atoms with van der Waals surface area (Å²) in [5.74, 6) is 0. The van der Waals surface area contributed by atoms with Crippen LogP contribution in [0.5, 0.6) is 0 Å². The molecule has 0 spiro atoms. The lowest BCUT2D eigenvalue weighted by Gasteiger charge is -2.10. The Morgan fingerprint density at radius 3 is 1.49 bits per heavy atom. The van der Waals surface area contributed by atoms with Crippen LogP contribution in [-0.4, -0.2) is 9.13 Å². The number of hydrogen-bond acceptors (Lipinski definition) is 1. The zero-order valence-corrected chi connectivity index (χ0v) is 25.5. The van der Waals surface area contributed by atoms with E-state index >= 15 is 0 Å². The van der Waals surface area contributed by atoms with Gasteiger partial charge in [0.2, 0.25) is 5.71 Å². The van der Waals surface area contributed by atoms with Crippen molar-refractivity contribution in [2.75, 3.05) is 0 Å². The maximum absolute atomic E-state index is 6.79. The van der Waals surface area contributed by atoms with Crippen molar-refractivity contribution in [3.63, 3.8) is 0 Å². The number of furan rings is 1. The number of rotatable bonds is 4. The molecular weight excluding hydrogens is 572 g/mol. The summed E-state index contributed by atoms with van der Waals surface area (Å²) in [4.78, 5) is 0. The lowest BCUT2D eigenvalue weighted by Crippen LogP contribution is -1.93. The van der Waals surface area contributed by atoms with Crippen LogP contribution in [0.3, 0.4) is 0 Å². The van der Waals surface area contributed by atoms with Crippen LogP contribution in [0.1, 0.15) is 0 Å². The number of para-hydroxylation sites is 5. The molecule has 0 aliphatic rings. The van der Waals surface area contributed by atoms with Crippen molar-refractivity contribution in [2.45, 2.75) is 0 Å². The third-order valence-electron chi connectivity index (χ3n) is 9.56. The van der Waals surface area contributed by atoms with Crippen molar-refractivity contribution in [3.8, 4) is 33.6 Å². The topological polar surface area (TPSA) is 23.0 Å². The van der Waals surface area contributed by atoms with Gasteiger partial charge in [-0.25, -0.2) is 0 Å². The third kappa shape index (κ3) is 3.87. The Morgan fingerprint density at radius 1 is 0.340 bits per heavy atom. The summed E-state index contributed by atoms with van der Waals surface area (Å²) in [6.07, 6.45) is 0. The van der Waals surface area contributed by atoms with E-state index in [9.17, 15) is 0 Å². The van der Waals surface area contributed by atoms with Crippen molar-refractivity contribution < 1.29 is 4.42 Å². The fraction of sp³-hybridized carbons (Fsp3) is 0. The molecule has 0 amide bonds. The zero-order chi connectivity index (χ0) is 30.9. The van der Waals surface area contributed by atoms with Crippen molar-refractivity contribution >= 4 is 54.8 Å². The van der Waals surface area contributed by atoms with Gasteiger partial charge in [-0.15, -0.1) is 0 Å². The highest BCUT2D eigenvalue weighted by Gasteiger charge is 2.21. The largest absolute Gasteiger partial charge is 0.438 e. The first kappa shape index (κ1) is 26.0. The van der Waals surface area contributed by atoms with Gasteiger partial charge in [0.05, 0.1) is 21.9 Å². The molecule has 3 heteroatoms. The van der Waals surface area contributed by atoms with Gasteiger partial charge >= 0.3 is 0 Å². The van der Waals surface area contributed by atoms with Gasteiger partial charge in [-0.2, -0.15) is 0 Å². The maximum atomic E-state index is 6.79. The number of benzene rings is 7. The van der Waals surface area contributed by atoms with Gasteiger partial charge in [-0.3, -0.25) is 4.57 Å². The van der Waals surface area contributed by atoms with Gasteiger partial charge in [0.25, 0.3) is 0 Å². The summed E-state index contributed by atoms with van der Waals surface area (Å²) in [7, 11) is 0. The zero-order valence-electron chi connectivity index (χ0n) is 25.5. The van der Waals surface area contributed by atoms with Gasteiger partial charge in [0, 0.05) is 38.5 Å². The number of hydrogen-bond donors (Lipinski definition) is 0. The first-order chi connectivity index (χ1) is 23.3. The van der Waals surface area contributed by atoms with Gasteiger partial charge < -0.3 is 8.98 Å². The van der Waals surface area contributed by atoms with E-state index in [2.05, 4.69) is 173 Å². The lowest BCUT2D eigenvalue weighted by atomic mass is 9.98. The predicted octanol–water partition coefficient (Wildman–Crippen LogP) is 12.0. The van der Waals surface area contributed by atoms with E-state index in [0.29, 0.717) is 0 Å². The number of nitrogens with zero attached hydrogens (tertiary/aromatic N) is 2. The van der Waals surface area contributed by atoms with Crippen LogP contribution in [0.15, 0.2) is 174 Å². The molecule has 47 heavy (non-hydrogen) atoms. The standard InChI is InChI=1S/C44H28N2O/c1-2-11-32(12-3-1)46-41-20-9-6-15-37(41)42-38-17-10-16-34(43(38)47-44(42)46)31-23-21-29(22-24-31)30-25-27-33(28-26-30)45-39-18-7-4-13-35(39)36-14-5-8-19-40(36)45/h1-28H. The monoisotopic (exact) mass is 600 g/mol. The fourth-order valence-corrected chi connectivity index (χ4v) is 7.42. The van der Waals surface area contributed by atoms with E-state index in [0.717, 1.165) is 50.1 Å². The molecule has 0 N–H and O–H groups in total. The predicted molar refractivity (Wildman–Crippen MR) is 196 cm³/mol. The highest BCUT2D eigenvalue weighted by atomic mass is 16.3. The molecule has 3 heterocycles. The van der Waals surface area contributed by atoms with E-state index in [1.807, 2.05) is 6.07 Å². The van der Waals surface area contributed by atoms with Crippen molar-refractivity contribution in [1.29, 1.82) is 0 Å². The highest BCUT2D eigenvalue weighted by Crippen LogP contribution is 2.42. The second kappa shape index (κ2) is 10.1. The normalized spacial score (nSPS) is 11.8. The molecule has 220 valence electrons. The minimum atomic E-state index is 0.875. The SMILES string of the molecule is c1ccc(-n2c3ccccc3c3c4cccc(-c5ccc(-c6ccc(-n7c8ccccc8c8ccccc87)cc6)cc5)c4oc32)cc1. The molecule has 0 aliphatic heterocycles. The molecule has 0 saturated heterocycles. The van der Waals surface area contributed by atoms with Crippen LogP contribution in [0.4, 0.5) is 0 Å². The quantitative estimate of drug-likeness (QED) is 0.197. The average molecular weight is 601 g/mol. The Bertz CT molecular complexity index is 2710. The first-order valence-corrected chi connectivity index (χ1v) is 16.0. The maximum Gasteiger partial charge on any atom is 0.213 e. The summed E-state index contributed by atoms with van der Waals surface area (Å²) in [6, 6.07) is 60.5. The van der Waals surface area contributed by atoms with Gasteiger partial charge in [-0.05, 0) is 59.2 Å². The van der Waals surface area contributed by atoms with Crippen molar-refractivity contribution in [1.82, 2.24) is 9.13 Å². The molecule has 0 saturated carbocycles. The Kier molecular flexibility index (Phi) is 5.57. The molecule has 3 aromatic heterocycles. The van der Waals surface area contributed by atoms with Crippen molar-refractivity contribution in [2.24, 2.45) is 0 Å². The molecule has 0 radical (unpaired) electrons. The second-order valence-corrected chi connectivity index (χ2v) is 12.1. The summed E-state index contributed by atoms with van der Waals surface area (Å²) < 4.78 is 11.4. The molecule has 3 nitrogen and oxygen atoms in total. The van der Waals surface area contributed by atoms with Crippen LogP contribution in [0, 0.1) is 0 Å². The second-order valence-electron chi connectivity index (χ2n) is 12.1. The Hall–Kier alpha value is -6.32. The van der Waals surface area contributed by atoms with Gasteiger partial charge in [0.15, 0.2) is 0 Å². The number of aromatic nitrogens is 2. The molecule has 10 aromatic rings. The highest BCUT2D eigenvalue weighted by molar-refractivity contribution is 6.21. The van der Waals surface area contributed by atoms with E-state index in [4.69, 9.17) is 4.42 Å². The van der Waals surface area contributed by atoms with Crippen LogP contribution in [-0.2, 0) is 0 Å². The molecule has 10 rings (SSSR count). The minimum absolute atomic E-state index is 0.875. The molecular formula is C44H28N2O. The molecule has 0 atom stereocenters. The van der Waals surface area contributed by atoms with Crippen LogP contribution < -0.4 is 0 Å². The molecule has 7 aromatic carbocycles. The van der Waals surface area contributed by atoms with Crippen LogP contribution in [0.2, 0.25) is 0 Å². The van der Waals surface area contributed by atoms with Gasteiger partial charge in [-0.1, -0.05) is 127 Å². The smallest absolute Gasteiger partial charge is 0.213 e. The van der Waals surface area contributed by atoms with Gasteiger partial charge in [0.1, 0.15) is 5.58 Å². The van der Waals surface area contributed by atoms with E-state index in [1.165, 1.54) is 38.3 Å². The van der Waals surface area contributed by atoms with E-state index in [-0.39, 0.29) is 0 Å². The van der Waals surface area contributed by atoms with Crippen LogP contribution in [0.25, 0.3) is 88.4 Å². The summed E-state index contributed by atoms with van der Waals surface area (Å²) >= 11 is 0. The minimum Gasteiger partial charge on any atom is -0.438 e. The average Bonchev–Trinajstić information content (AvgIpc) is 3.79. The van der Waals surface area contributed by atoms with E-state index in [1.54, 1.807) is 0 Å². The molecule has 0 unspecified atom stereocenters. The summed E-state index contributed by atoms with van der Waals surface area (Å²) in [6.45, 7) is 0. The number of fused-ring (bicyclic) bond motifs is 8. The van der Waals surface area contributed by atoms with E-state index < -0.39 is 0 Å². The summed E-state index contributed by atoms with van der Waals surface area (Å²) in [5, 5.41) is 6.03. The third-order valence-corrected chi connectivity index (χ3v) is 9.56. The lowest BCUT2D eigenvalue weighted by molar-refractivity contribution is 0.646. The Labute approximate surface area is 271 Å². The van der Waals surface area contributed by atoms with Crippen LogP contribution >= 0.6 is 0 Å². The van der Waals surface area contributed by atoms with Crippen molar-refractivity contribution in [3.05, 3.63) is 170 Å². The first-order valence-electron chi connectivity index (χ1n) is 16.0. The fourth-order valence-electron chi connectivity index (χ4n) is 7.42.